The number of carbonyl (C=O) groups excluding carboxylic acids is 2. The van der Waals surface area contributed by atoms with E-state index >= 15 is 0 Å². The lowest BCUT2D eigenvalue weighted by atomic mass is 10.2. The molecule has 0 saturated heterocycles. The zero-order chi connectivity index (χ0) is 20.1. The Morgan fingerprint density at radius 1 is 1.14 bits per heavy atom. The number of carbonyl (C=O) groups is 2. The highest BCUT2D eigenvalue weighted by Gasteiger charge is 2.20. The van der Waals surface area contributed by atoms with E-state index in [0.717, 1.165) is 12.7 Å². The maximum atomic E-state index is 12.3. The van der Waals surface area contributed by atoms with E-state index in [9.17, 15) is 19.5 Å². The molecule has 0 aliphatic rings. The average Bonchev–Trinajstić information content (AvgIpc) is 2.74. The molecule has 0 saturated carbocycles. The van der Waals surface area contributed by atoms with Crippen LogP contribution in [0, 0.1) is 0 Å². The zero-order valence-electron chi connectivity index (χ0n) is 14.7. The van der Waals surface area contributed by atoms with Crippen molar-refractivity contribution in [2.45, 2.75) is 6.61 Å². The highest BCUT2D eigenvalue weighted by Crippen LogP contribution is 2.17. The number of rotatable bonds is 5. The number of benzene rings is 1. The number of pyridine rings is 1. The summed E-state index contributed by atoms with van der Waals surface area (Å²) in [5.74, 6) is -2.56. The van der Waals surface area contributed by atoms with Crippen molar-refractivity contribution >= 4 is 11.9 Å². The first-order valence-corrected chi connectivity index (χ1v) is 8.08. The number of aromatic nitrogens is 3. The van der Waals surface area contributed by atoms with Crippen LogP contribution in [0.1, 0.15) is 26.4 Å². The third-order valence-electron chi connectivity index (χ3n) is 3.72. The van der Waals surface area contributed by atoms with Crippen molar-refractivity contribution in [1.82, 2.24) is 15.0 Å². The third-order valence-corrected chi connectivity index (χ3v) is 3.72. The van der Waals surface area contributed by atoms with E-state index < -0.39 is 28.9 Å². The predicted octanol–water partition coefficient (Wildman–Crippen LogP) is 1.68. The minimum Gasteiger partial charge on any atom is -0.501 e. The van der Waals surface area contributed by atoms with Gasteiger partial charge in [0.1, 0.15) is 12.3 Å². The Bertz CT molecular complexity index is 1080. The molecule has 9 nitrogen and oxygen atoms in total. The van der Waals surface area contributed by atoms with Gasteiger partial charge in [-0.25, -0.2) is 14.6 Å². The molecule has 9 heteroatoms. The molecule has 0 fully saturated rings. The summed E-state index contributed by atoms with van der Waals surface area (Å²) >= 11 is 0. The highest BCUT2D eigenvalue weighted by atomic mass is 16.5. The zero-order valence-corrected chi connectivity index (χ0v) is 14.7. The van der Waals surface area contributed by atoms with Gasteiger partial charge in [0.25, 0.3) is 5.56 Å². The van der Waals surface area contributed by atoms with Gasteiger partial charge in [-0.1, -0.05) is 30.3 Å². The van der Waals surface area contributed by atoms with Crippen LogP contribution in [0.25, 0.3) is 11.5 Å². The predicted molar refractivity (Wildman–Crippen MR) is 96.7 cm³/mol. The number of nitrogens with one attached hydrogen (secondary N) is 1. The van der Waals surface area contributed by atoms with Crippen molar-refractivity contribution in [2.24, 2.45) is 0 Å². The van der Waals surface area contributed by atoms with E-state index in [0.29, 0.717) is 0 Å². The first-order valence-electron chi connectivity index (χ1n) is 8.08. The molecule has 28 heavy (non-hydrogen) atoms. The molecule has 1 aromatic carbocycles. The Kier molecular flexibility index (Phi) is 5.45. The number of nitrogens with zero attached hydrogens (tertiary/aromatic N) is 2. The standard InChI is InChI=1S/C19H15N3O6/c1-27-19(26)14-15(23)17(24)22-16(21-14)13-9-12(7-8-20-13)18(25)28-10-11-5-3-2-4-6-11/h2-9,23H,10H2,1H3,(H,21,22,24). The van der Waals surface area contributed by atoms with Gasteiger partial charge in [0, 0.05) is 6.20 Å². The molecule has 2 heterocycles. The molecule has 2 N–H and O–H groups in total. The largest absolute Gasteiger partial charge is 0.501 e. The number of methoxy groups -OCH3 is 1. The molecule has 0 radical (unpaired) electrons. The number of hydrogen-bond donors (Lipinski definition) is 2. The van der Waals surface area contributed by atoms with Crippen LogP contribution in [0.4, 0.5) is 0 Å². The van der Waals surface area contributed by atoms with Crippen molar-refractivity contribution in [2.75, 3.05) is 7.11 Å². The minimum absolute atomic E-state index is 0.0953. The number of esters is 2. The summed E-state index contributed by atoms with van der Waals surface area (Å²) in [6.07, 6.45) is 1.33. The molecule has 142 valence electrons. The van der Waals surface area contributed by atoms with Crippen LogP contribution in [0.2, 0.25) is 0 Å². The van der Waals surface area contributed by atoms with Crippen molar-refractivity contribution in [3.63, 3.8) is 0 Å². The number of hydrogen-bond acceptors (Lipinski definition) is 8. The molecule has 0 aliphatic carbocycles. The van der Waals surface area contributed by atoms with E-state index in [1.165, 1.54) is 18.3 Å². The lowest BCUT2D eigenvalue weighted by Crippen LogP contribution is -2.16. The molecule has 0 unspecified atom stereocenters. The Morgan fingerprint density at radius 2 is 1.89 bits per heavy atom. The average molecular weight is 381 g/mol. The van der Waals surface area contributed by atoms with Crippen molar-refractivity contribution in [3.8, 4) is 17.3 Å². The van der Waals surface area contributed by atoms with E-state index in [-0.39, 0.29) is 23.7 Å². The maximum absolute atomic E-state index is 12.3. The molecular formula is C19H15N3O6. The van der Waals surface area contributed by atoms with Crippen LogP contribution < -0.4 is 5.56 Å². The Balaban J connectivity index is 1.87. The number of H-pyrrole nitrogens is 1. The Labute approximate surface area is 158 Å². The molecule has 2 aromatic heterocycles. The lowest BCUT2D eigenvalue weighted by Gasteiger charge is -2.07. The second kappa shape index (κ2) is 8.12. The van der Waals surface area contributed by atoms with Gasteiger partial charge in [-0.2, -0.15) is 0 Å². The van der Waals surface area contributed by atoms with Crippen LogP contribution in [0.15, 0.2) is 53.5 Å². The molecule has 0 aliphatic heterocycles. The third kappa shape index (κ3) is 4.04. The smallest absolute Gasteiger partial charge is 0.360 e. The quantitative estimate of drug-likeness (QED) is 0.638. The van der Waals surface area contributed by atoms with Crippen LogP contribution in [0.5, 0.6) is 5.75 Å². The molecule has 3 aromatic rings. The fourth-order valence-electron chi connectivity index (χ4n) is 2.32. The first kappa shape index (κ1) is 18.8. The summed E-state index contributed by atoms with van der Waals surface area (Å²) in [6.45, 7) is 0.0953. The number of aromatic hydroxyl groups is 1. The highest BCUT2D eigenvalue weighted by molar-refractivity contribution is 5.91. The molecule has 0 spiro atoms. The van der Waals surface area contributed by atoms with Gasteiger partial charge in [-0.3, -0.25) is 9.78 Å². The number of aromatic amines is 1. The summed E-state index contributed by atoms with van der Waals surface area (Å²) in [5.41, 5.74) is -0.380. The van der Waals surface area contributed by atoms with Gasteiger partial charge >= 0.3 is 11.9 Å². The molecular weight excluding hydrogens is 366 g/mol. The van der Waals surface area contributed by atoms with Gasteiger partial charge in [0.15, 0.2) is 11.5 Å². The fourth-order valence-corrected chi connectivity index (χ4v) is 2.32. The van der Waals surface area contributed by atoms with Gasteiger partial charge in [-0.15, -0.1) is 0 Å². The summed E-state index contributed by atoms with van der Waals surface area (Å²) in [6, 6.07) is 12.0. The topological polar surface area (TPSA) is 131 Å². The van der Waals surface area contributed by atoms with Crippen LogP contribution in [-0.2, 0) is 16.1 Å². The maximum Gasteiger partial charge on any atom is 0.360 e. The van der Waals surface area contributed by atoms with Gasteiger partial charge in [0.2, 0.25) is 5.75 Å². The SMILES string of the molecule is COC(=O)c1nc(-c2cc(C(=O)OCc3ccccc3)ccn2)[nH]c(=O)c1O. The fraction of sp³-hybridized carbons (Fsp3) is 0.105. The van der Waals surface area contributed by atoms with Crippen LogP contribution in [0.3, 0.4) is 0 Å². The summed E-state index contributed by atoms with van der Waals surface area (Å²) in [5, 5.41) is 9.69. The monoisotopic (exact) mass is 381 g/mol. The van der Waals surface area contributed by atoms with Crippen molar-refractivity contribution in [1.29, 1.82) is 0 Å². The van der Waals surface area contributed by atoms with Crippen LogP contribution in [-0.4, -0.2) is 39.1 Å². The van der Waals surface area contributed by atoms with Crippen molar-refractivity contribution in [3.05, 3.63) is 75.8 Å². The van der Waals surface area contributed by atoms with Gasteiger partial charge < -0.3 is 19.6 Å². The molecule has 0 amide bonds. The van der Waals surface area contributed by atoms with E-state index in [2.05, 4.69) is 19.7 Å². The van der Waals surface area contributed by atoms with E-state index in [1.54, 1.807) is 0 Å². The summed E-state index contributed by atoms with van der Waals surface area (Å²) in [4.78, 5) is 46.0. The minimum atomic E-state index is -0.983. The van der Waals surface area contributed by atoms with Crippen LogP contribution >= 0.6 is 0 Å². The lowest BCUT2D eigenvalue weighted by molar-refractivity contribution is 0.0472. The second-order valence-corrected chi connectivity index (χ2v) is 5.59. The molecule has 0 bridgehead atoms. The van der Waals surface area contributed by atoms with Gasteiger partial charge in [0.05, 0.1) is 12.7 Å². The van der Waals surface area contributed by atoms with E-state index in [1.807, 2.05) is 30.3 Å². The first-order chi connectivity index (χ1) is 13.5. The molecule has 0 atom stereocenters. The Hall–Kier alpha value is -4.01. The number of ether oxygens (including phenoxy) is 2. The molecule has 3 rings (SSSR count). The summed E-state index contributed by atoms with van der Waals surface area (Å²) in [7, 11) is 1.09. The second-order valence-electron chi connectivity index (χ2n) is 5.59. The normalized spacial score (nSPS) is 10.3. The summed E-state index contributed by atoms with van der Waals surface area (Å²) < 4.78 is 9.74. The van der Waals surface area contributed by atoms with Gasteiger partial charge in [-0.05, 0) is 17.7 Å². The van der Waals surface area contributed by atoms with Crippen molar-refractivity contribution < 1.29 is 24.2 Å². The van der Waals surface area contributed by atoms with E-state index in [4.69, 9.17) is 4.74 Å². The Morgan fingerprint density at radius 3 is 2.61 bits per heavy atom.